The largest absolute Gasteiger partial charge is 0.491 e. The molecule has 0 saturated carbocycles. The van der Waals surface area contributed by atoms with Gasteiger partial charge in [0.05, 0.1) is 13.0 Å². The van der Waals surface area contributed by atoms with Gasteiger partial charge >= 0.3 is 5.97 Å². The van der Waals surface area contributed by atoms with E-state index in [4.69, 9.17) is 9.47 Å². The van der Waals surface area contributed by atoms with Gasteiger partial charge in [0.15, 0.2) is 0 Å². The van der Waals surface area contributed by atoms with E-state index >= 15 is 0 Å². The van der Waals surface area contributed by atoms with Crippen molar-refractivity contribution in [2.75, 3.05) is 40.4 Å². The first kappa shape index (κ1) is 23.3. The zero-order chi connectivity index (χ0) is 22.1. The maximum Gasteiger partial charge on any atom is 0.308 e. The van der Waals surface area contributed by atoms with Crippen molar-refractivity contribution in [1.29, 1.82) is 0 Å². The molecule has 1 aliphatic rings. The van der Waals surface area contributed by atoms with Crippen molar-refractivity contribution >= 4 is 5.97 Å². The third-order valence-corrected chi connectivity index (χ3v) is 5.70. The van der Waals surface area contributed by atoms with Gasteiger partial charge in [-0.15, -0.1) is 0 Å². The van der Waals surface area contributed by atoms with Crippen molar-refractivity contribution in [1.82, 2.24) is 9.80 Å². The Morgan fingerprint density at radius 1 is 1.06 bits per heavy atom. The van der Waals surface area contributed by atoms with Crippen LogP contribution in [0.4, 0.5) is 0 Å². The van der Waals surface area contributed by atoms with Crippen molar-refractivity contribution in [2.45, 2.75) is 32.0 Å². The number of ether oxygens (including phenoxy) is 2. The highest BCUT2D eigenvalue weighted by Crippen LogP contribution is 2.19. The predicted molar refractivity (Wildman–Crippen MR) is 121 cm³/mol. The van der Waals surface area contributed by atoms with Gasteiger partial charge in [0.1, 0.15) is 18.5 Å². The molecule has 0 aromatic heterocycles. The topological polar surface area (TPSA) is 62.2 Å². The Bertz CT molecular complexity index is 789. The summed E-state index contributed by atoms with van der Waals surface area (Å²) in [6, 6.07) is 18.5. The molecule has 1 N–H and O–H groups in total. The highest BCUT2D eigenvalue weighted by Gasteiger charge is 2.26. The van der Waals surface area contributed by atoms with Gasteiger partial charge in [-0.3, -0.25) is 9.69 Å². The van der Waals surface area contributed by atoms with Gasteiger partial charge in [0.2, 0.25) is 0 Å². The second kappa shape index (κ2) is 11.8. The Labute approximate surface area is 185 Å². The molecule has 1 heterocycles. The van der Waals surface area contributed by atoms with Gasteiger partial charge in [0.25, 0.3) is 0 Å². The number of hydrogen-bond acceptors (Lipinski definition) is 6. The summed E-state index contributed by atoms with van der Waals surface area (Å²) in [5.41, 5.74) is 2.52. The predicted octanol–water partition coefficient (Wildman–Crippen LogP) is 2.94. The number of hydrogen-bond donors (Lipinski definition) is 1. The Kier molecular flexibility index (Phi) is 8.88. The van der Waals surface area contributed by atoms with Crippen LogP contribution in [-0.2, 0) is 22.6 Å². The minimum absolute atomic E-state index is 0.0140. The standard InChI is InChI=1S/C25H34N2O4/c1-26(16-20-6-4-3-5-7-20)17-21-8-10-24(11-9-21)31-19-23(28)18-27-14-12-22(13-15-27)25(29)30-2/h3-11,22-23,28H,12-19H2,1-2H3. The van der Waals surface area contributed by atoms with Crippen LogP contribution in [0.15, 0.2) is 54.6 Å². The first-order valence-electron chi connectivity index (χ1n) is 11.0. The minimum atomic E-state index is -0.564. The fraction of sp³-hybridized carbons (Fsp3) is 0.480. The van der Waals surface area contributed by atoms with E-state index in [1.54, 1.807) is 0 Å². The third-order valence-electron chi connectivity index (χ3n) is 5.70. The van der Waals surface area contributed by atoms with Gasteiger partial charge in [0, 0.05) is 19.6 Å². The van der Waals surface area contributed by atoms with Crippen LogP contribution in [0.5, 0.6) is 5.75 Å². The molecule has 168 valence electrons. The molecule has 3 rings (SSSR count). The van der Waals surface area contributed by atoms with Crippen LogP contribution in [0.2, 0.25) is 0 Å². The molecular formula is C25H34N2O4. The van der Waals surface area contributed by atoms with Crippen molar-refractivity contribution in [2.24, 2.45) is 5.92 Å². The summed E-state index contributed by atoms with van der Waals surface area (Å²) in [6.07, 6.45) is 0.993. The van der Waals surface area contributed by atoms with Gasteiger partial charge in [-0.25, -0.2) is 0 Å². The fourth-order valence-corrected chi connectivity index (χ4v) is 4.01. The number of benzene rings is 2. The summed E-state index contributed by atoms with van der Waals surface area (Å²) >= 11 is 0. The highest BCUT2D eigenvalue weighted by atomic mass is 16.5. The molecule has 0 spiro atoms. The number of nitrogens with zero attached hydrogens (tertiary/aromatic N) is 2. The average Bonchev–Trinajstić information content (AvgIpc) is 2.79. The van der Waals surface area contributed by atoms with E-state index < -0.39 is 6.10 Å². The molecule has 0 aliphatic carbocycles. The number of carbonyl (C=O) groups excluding carboxylic acids is 1. The summed E-state index contributed by atoms with van der Waals surface area (Å²) in [6.45, 7) is 4.16. The molecule has 6 heteroatoms. The number of methoxy groups -OCH3 is 1. The van der Waals surface area contributed by atoms with Crippen LogP contribution in [0.25, 0.3) is 0 Å². The van der Waals surface area contributed by atoms with Crippen molar-refractivity contribution in [3.8, 4) is 5.75 Å². The van der Waals surface area contributed by atoms with Gasteiger partial charge < -0.3 is 19.5 Å². The lowest BCUT2D eigenvalue weighted by Crippen LogP contribution is -2.42. The molecule has 1 atom stereocenters. The Hall–Kier alpha value is -2.41. The quantitative estimate of drug-likeness (QED) is 0.590. The van der Waals surface area contributed by atoms with E-state index in [0.29, 0.717) is 6.54 Å². The van der Waals surface area contributed by atoms with E-state index in [9.17, 15) is 9.90 Å². The Balaban J connectivity index is 1.36. The maximum absolute atomic E-state index is 11.6. The van der Waals surface area contributed by atoms with Crippen LogP contribution in [0.1, 0.15) is 24.0 Å². The zero-order valence-electron chi connectivity index (χ0n) is 18.6. The third kappa shape index (κ3) is 7.65. The SMILES string of the molecule is COC(=O)C1CCN(CC(O)COc2ccc(CN(C)Cc3ccccc3)cc2)CC1. The molecule has 0 bridgehead atoms. The minimum Gasteiger partial charge on any atom is -0.491 e. The number of aliphatic hydroxyl groups excluding tert-OH is 1. The lowest BCUT2D eigenvalue weighted by molar-refractivity contribution is -0.147. The molecule has 6 nitrogen and oxygen atoms in total. The van der Waals surface area contributed by atoms with E-state index in [2.05, 4.69) is 53.2 Å². The molecule has 1 aliphatic heterocycles. The molecule has 0 radical (unpaired) electrons. The lowest BCUT2D eigenvalue weighted by Gasteiger charge is -2.31. The van der Waals surface area contributed by atoms with Crippen LogP contribution < -0.4 is 4.74 Å². The monoisotopic (exact) mass is 426 g/mol. The summed E-state index contributed by atoms with van der Waals surface area (Å²) in [5.74, 6) is 0.621. The van der Waals surface area contributed by atoms with Crippen molar-refractivity contribution in [3.63, 3.8) is 0 Å². The molecule has 0 amide bonds. The fourth-order valence-electron chi connectivity index (χ4n) is 4.01. The summed E-state index contributed by atoms with van der Waals surface area (Å²) in [5, 5.41) is 10.3. The van der Waals surface area contributed by atoms with Crippen molar-refractivity contribution in [3.05, 3.63) is 65.7 Å². The second-order valence-corrected chi connectivity index (χ2v) is 8.36. The molecule has 1 saturated heterocycles. The van der Waals surface area contributed by atoms with E-state index in [1.165, 1.54) is 18.2 Å². The number of aliphatic hydroxyl groups is 1. The molecule has 1 unspecified atom stereocenters. The van der Waals surface area contributed by atoms with E-state index in [1.807, 2.05) is 18.2 Å². The molecule has 1 fully saturated rings. The van der Waals surface area contributed by atoms with Gasteiger partial charge in [-0.05, 0) is 56.2 Å². The van der Waals surface area contributed by atoms with E-state index in [0.717, 1.165) is 44.8 Å². The molecular weight excluding hydrogens is 392 g/mol. The Morgan fingerprint density at radius 3 is 2.29 bits per heavy atom. The first-order valence-corrected chi connectivity index (χ1v) is 11.0. The van der Waals surface area contributed by atoms with Gasteiger partial charge in [-0.1, -0.05) is 42.5 Å². The zero-order valence-corrected chi connectivity index (χ0v) is 18.6. The number of esters is 1. The number of carbonyl (C=O) groups is 1. The van der Waals surface area contributed by atoms with Crippen LogP contribution in [0, 0.1) is 5.92 Å². The number of piperidine rings is 1. The lowest BCUT2D eigenvalue weighted by atomic mass is 9.97. The summed E-state index contributed by atoms with van der Waals surface area (Å²) in [7, 11) is 3.55. The number of β-amino-alcohol motifs (C(OH)–C–C–N with tert-alkyl or cyclic N) is 1. The normalized spacial score (nSPS) is 16.3. The molecule has 31 heavy (non-hydrogen) atoms. The second-order valence-electron chi connectivity index (χ2n) is 8.36. The van der Waals surface area contributed by atoms with Crippen LogP contribution >= 0.6 is 0 Å². The summed E-state index contributed by atoms with van der Waals surface area (Å²) in [4.78, 5) is 16.1. The van der Waals surface area contributed by atoms with Crippen molar-refractivity contribution < 1.29 is 19.4 Å². The first-order chi connectivity index (χ1) is 15.0. The Morgan fingerprint density at radius 2 is 1.68 bits per heavy atom. The van der Waals surface area contributed by atoms with Crippen LogP contribution in [0.3, 0.4) is 0 Å². The smallest absolute Gasteiger partial charge is 0.308 e. The number of rotatable bonds is 10. The average molecular weight is 427 g/mol. The van der Waals surface area contributed by atoms with E-state index in [-0.39, 0.29) is 18.5 Å². The number of likely N-dealkylation sites (tertiary alicyclic amines) is 1. The molecule has 2 aromatic rings. The summed E-state index contributed by atoms with van der Waals surface area (Å²) < 4.78 is 10.6. The maximum atomic E-state index is 11.6. The molecule has 2 aromatic carbocycles. The van der Waals surface area contributed by atoms with Gasteiger partial charge in [-0.2, -0.15) is 0 Å². The highest BCUT2D eigenvalue weighted by molar-refractivity contribution is 5.72. The van der Waals surface area contributed by atoms with Crippen LogP contribution in [-0.4, -0.2) is 67.4 Å².